The van der Waals surface area contributed by atoms with E-state index in [9.17, 15) is 4.79 Å². The first-order chi connectivity index (χ1) is 9.86. The molecular formula is C17H26N2O2. The second-order valence-electron chi connectivity index (χ2n) is 6.45. The molecule has 3 atom stereocenters. The Morgan fingerprint density at radius 2 is 2.24 bits per heavy atom. The molecule has 0 spiro atoms. The van der Waals surface area contributed by atoms with Crippen LogP contribution in [0.2, 0.25) is 0 Å². The standard InChI is InChI=1S/C17H26N2O2/c1-5-21-15-10-14(17(15,3)4)19-16(20)11(2)12-7-6-8-13(18)9-12/h6-9,11,14-15H,5,10,18H2,1-4H3,(H,19,20). The number of ether oxygens (including phenoxy) is 1. The first-order valence-corrected chi connectivity index (χ1v) is 7.63. The fourth-order valence-corrected chi connectivity index (χ4v) is 2.89. The van der Waals surface area contributed by atoms with Gasteiger partial charge in [-0.2, -0.15) is 0 Å². The fraction of sp³-hybridized carbons (Fsp3) is 0.588. The van der Waals surface area contributed by atoms with Gasteiger partial charge in [0.05, 0.1) is 12.0 Å². The molecule has 0 aliphatic heterocycles. The van der Waals surface area contributed by atoms with E-state index in [0.717, 1.165) is 12.0 Å². The molecule has 4 nitrogen and oxygen atoms in total. The number of nitrogens with one attached hydrogen (secondary N) is 1. The molecule has 0 aromatic heterocycles. The molecule has 3 N–H and O–H groups in total. The second-order valence-corrected chi connectivity index (χ2v) is 6.45. The van der Waals surface area contributed by atoms with Crippen molar-refractivity contribution in [2.75, 3.05) is 12.3 Å². The van der Waals surface area contributed by atoms with Crippen LogP contribution in [-0.2, 0) is 9.53 Å². The maximum Gasteiger partial charge on any atom is 0.227 e. The fourth-order valence-electron chi connectivity index (χ4n) is 2.89. The Kier molecular flexibility index (Phi) is 4.57. The SMILES string of the molecule is CCOC1CC(NC(=O)C(C)c2cccc(N)c2)C1(C)C. The lowest BCUT2D eigenvalue weighted by Gasteiger charge is -2.51. The van der Waals surface area contributed by atoms with Gasteiger partial charge in [0.1, 0.15) is 0 Å². The molecule has 1 aromatic rings. The monoisotopic (exact) mass is 290 g/mol. The number of carbonyl (C=O) groups is 1. The Hall–Kier alpha value is -1.55. The van der Waals surface area contributed by atoms with Crippen LogP contribution in [0.3, 0.4) is 0 Å². The molecule has 0 saturated heterocycles. The van der Waals surface area contributed by atoms with Crippen LogP contribution in [-0.4, -0.2) is 24.7 Å². The number of hydrogen-bond donors (Lipinski definition) is 2. The zero-order chi connectivity index (χ0) is 15.6. The van der Waals surface area contributed by atoms with Crippen molar-refractivity contribution >= 4 is 11.6 Å². The molecule has 0 bridgehead atoms. The number of rotatable bonds is 5. The van der Waals surface area contributed by atoms with E-state index < -0.39 is 0 Å². The number of nitrogen functional groups attached to an aromatic ring is 1. The molecule has 1 aromatic carbocycles. The van der Waals surface area contributed by atoms with Crippen molar-refractivity contribution in [3.05, 3.63) is 29.8 Å². The van der Waals surface area contributed by atoms with Crippen molar-refractivity contribution in [3.63, 3.8) is 0 Å². The minimum Gasteiger partial charge on any atom is -0.399 e. The van der Waals surface area contributed by atoms with E-state index in [2.05, 4.69) is 19.2 Å². The second kappa shape index (κ2) is 6.06. The number of anilines is 1. The van der Waals surface area contributed by atoms with Gasteiger partial charge in [-0.05, 0) is 38.0 Å². The zero-order valence-electron chi connectivity index (χ0n) is 13.3. The van der Waals surface area contributed by atoms with Gasteiger partial charge >= 0.3 is 0 Å². The normalized spacial score (nSPS) is 25.0. The van der Waals surface area contributed by atoms with Gasteiger partial charge in [-0.3, -0.25) is 4.79 Å². The first kappa shape index (κ1) is 15.8. The summed E-state index contributed by atoms with van der Waals surface area (Å²) in [5.74, 6) is -0.149. The summed E-state index contributed by atoms with van der Waals surface area (Å²) in [5, 5.41) is 3.15. The van der Waals surface area contributed by atoms with E-state index in [-0.39, 0.29) is 29.4 Å². The third-order valence-corrected chi connectivity index (χ3v) is 4.67. The average molecular weight is 290 g/mol. The van der Waals surface area contributed by atoms with E-state index in [1.165, 1.54) is 0 Å². The van der Waals surface area contributed by atoms with Gasteiger partial charge in [0, 0.05) is 23.8 Å². The largest absolute Gasteiger partial charge is 0.399 e. The molecule has 1 aliphatic carbocycles. The van der Waals surface area contributed by atoms with Gasteiger partial charge in [-0.1, -0.05) is 26.0 Å². The quantitative estimate of drug-likeness (QED) is 0.819. The van der Waals surface area contributed by atoms with Crippen LogP contribution in [0, 0.1) is 5.41 Å². The Bertz CT molecular complexity index is 513. The number of carbonyl (C=O) groups excluding carboxylic acids is 1. The van der Waals surface area contributed by atoms with Crippen molar-refractivity contribution in [2.45, 2.75) is 52.2 Å². The van der Waals surface area contributed by atoms with Gasteiger partial charge in [0.2, 0.25) is 5.91 Å². The van der Waals surface area contributed by atoms with Crippen LogP contribution in [0.5, 0.6) is 0 Å². The molecule has 0 heterocycles. The maximum atomic E-state index is 12.4. The molecule has 0 radical (unpaired) electrons. The highest BCUT2D eigenvalue weighted by atomic mass is 16.5. The highest BCUT2D eigenvalue weighted by Gasteiger charge is 2.49. The molecule has 2 rings (SSSR count). The molecule has 1 amide bonds. The third-order valence-electron chi connectivity index (χ3n) is 4.67. The van der Waals surface area contributed by atoms with Crippen LogP contribution in [0.15, 0.2) is 24.3 Å². The van der Waals surface area contributed by atoms with E-state index in [1.807, 2.05) is 38.1 Å². The number of amides is 1. The van der Waals surface area contributed by atoms with Crippen molar-refractivity contribution in [1.82, 2.24) is 5.32 Å². The minimum atomic E-state index is -0.199. The molecule has 1 aliphatic rings. The summed E-state index contributed by atoms with van der Waals surface area (Å²) in [5.41, 5.74) is 7.41. The Morgan fingerprint density at radius 1 is 1.52 bits per heavy atom. The highest BCUT2D eigenvalue weighted by Crippen LogP contribution is 2.43. The summed E-state index contributed by atoms with van der Waals surface area (Å²) in [7, 11) is 0. The van der Waals surface area contributed by atoms with Gasteiger partial charge in [0.25, 0.3) is 0 Å². The highest BCUT2D eigenvalue weighted by molar-refractivity contribution is 5.84. The Morgan fingerprint density at radius 3 is 2.81 bits per heavy atom. The van der Waals surface area contributed by atoms with Crippen molar-refractivity contribution in [1.29, 1.82) is 0 Å². The number of hydrogen-bond acceptors (Lipinski definition) is 3. The van der Waals surface area contributed by atoms with Crippen LogP contribution in [0.1, 0.15) is 45.6 Å². The maximum absolute atomic E-state index is 12.4. The Labute approximate surface area is 127 Å². The van der Waals surface area contributed by atoms with Crippen LogP contribution >= 0.6 is 0 Å². The van der Waals surface area contributed by atoms with E-state index in [1.54, 1.807) is 0 Å². The lowest BCUT2D eigenvalue weighted by atomic mass is 9.64. The summed E-state index contributed by atoms with van der Waals surface area (Å²) < 4.78 is 5.70. The summed E-state index contributed by atoms with van der Waals surface area (Å²) in [4.78, 5) is 12.4. The van der Waals surface area contributed by atoms with Crippen molar-refractivity contribution in [3.8, 4) is 0 Å². The summed E-state index contributed by atoms with van der Waals surface area (Å²) >= 11 is 0. The van der Waals surface area contributed by atoms with E-state index >= 15 is 0 Å². The van der Waals surface area contributed by atoms with Gasteiger partial charge in [-0.25, -0.2) is 0 Å². The molecule has 3 unspecified atom stereocenters. The van der Waals surface area contributed by atoms with Crippen molar-refractivity contribution in [2.24, 2.45) is 5.41 Å². The van der Waals surface area contributed by atoms with Gasteiger partial charge in [-0.15, -0.1) is 0 Å². The molecule has 1 saturated carbocycles. The number of nitrogens with two attached hydrogens (primary N) is 1. The van der Waals surface area contributed by atoms with E-state index in [4.69, 9.17) is 10.5 Å². The average Bonchev–Trinajstić information content (AvgIpc) is 2.45. The summed E-state index contributed by atoms with van der Waals surface area (Å²) in [6.07, 6.45) is 1.12. The van der Waals surface area contributed by atoms with Gasteiger partial charge in [0.15, 0.2) is 0 Å². The van der Waals surface area contributed by atoms with Crippen LogP contribution < -0.4 is 11.1 Å². The first-order valence-electron chi connectivity index (χ1n) is 7.63. The predicted octanol–water partition coefficient (Wildman–Crippen LogP) is 2.69. The summed E-state index contributed by atoms with van der Waals surface area (Å²) in [6, 6.07) is 7.68. The van der Waals surface area contributed by atoms with Crippen molar-refractivity contribution < 1.29 is 9.53 Å². The minimum absolute atomic E-state index is 0.0128. The molecule has 1 fully saturated rings. The van der Waals surface area contributed by atoms with Crippen LogP contribution in [0.4, 0.5) is 5.69 Å². The molecule has 4 heteroatoms. The topological polar surface area (TPSA) is 64.3 Å². The lowest BCUT2D eigenvalue weighted by Crippen LogP contribution is -2.62. The smallest absolute Gasteiger partial charge is 0.227 e. The van der Waals surface area contributed by atoms with E-state index in [0.29, 0.717) is 12.3 Å². The number of benzene rings is 1. The van der Waals surface area contributed by atoms with Gasteiger partial charge < -0.3 is 15.8 Å². The summed E-state index contributed by atoms with van der Waals surface area (Å²) in [6.45, 7) is 8.92. The van der Waals surface area contributed by atoms with Crippen LogP contribution in [0.25, 0.3) is 0 Å². The molecular weight excluding hydrogens is 264 g/mol. The predicted molar refractivity (Wildman–Crippen MR) is 85.0 cm³/mol. The zero-order valence-corrected chi connectivity index (χ0v) is 13.3. The molecule has 21 heavy (non-hydrogen) atoms. The molecule has 116 valence electrons. The lowest BCUT2D eigenvalue weighted by molar-refractivity contribution is -0.137. The Balaban J connectivity index is 1.96. The third kappa shape index (κ3) is 3.21.